The number of nitrogens with zero attached hydrogens (tertiary/aromatic N) is 5. The van der Waals surface area contributed by atoms with E-state index in [0.29, 0.717) is 36.4 Å². The van der Waals surface area contributed by atoms with Gasteiger partial charge in [-0.05, 0) is 43.3 Å². The van der Waals surface area contributed by atoms with Crippen molar-refractivity contribution in [1.29, 1.82) is 0 Å². The van der Waals surface area contributed by atoms with Crippen molar-refractivity contribution in [3.05, 3.63) is 79.1 Å². The van der Waals surface area contributed by atoms with Crippen molar-refractivity contribution in [3.8, 4) is 28.6 Å². The Morgan fingerprint density at radius 1 is 1.06 bits per heavy atom. The first-order valence-corrected chi connectivity index (χ1v) is 12.4. The van der Waals surface area contributed by atoms with E-state index in [1.807, 2.05) is 78.2 Å². The third kappa shape index (κ3) is 5.14. The zero-order chi connectivity index (χ0) is 24.0. The SMILES string of the molecule is CCN(C[C@H]1COc2ccccc2O1)C(=O)CSc1nnc(-c2cccnc2)n1-c1ccccc1. The van der Waals surface area contributed by atoms with E-state index in [1.54, 1.807) is 17.3 Å². The Kier molecular flexibility index (Phi) is 6.94. The van der Waals surface area contributed by atoms with Gasteiger partial charge in [0.1, 0.15) is 6.61 Å². The van der Waals surface area contributed by atoms with E-state index in [2.05, 4.69) is 15.2 Å². The topological polar surface area (TPSA) is 82.4 Å². The summed E-state index contributed by atoms with van der Waals surface area (Å²) in [5.74, 6) is 2.36. The van der Waals surface area contributed by atoms with Gasteiger partial charge in [-0.3, -0.25) is 14.3 Å². The molecule has 2 aromatic heterocycles. The number of pyridine rings is 1. The molecule has 4 aromatic rings. The van der Waals surface area contributed by atoms with Crippen LogP contribution in [0, 0.1) is 0 Å². The standard InChI is InChI=1S/C26H25N5O3S/c1-2-30(16-21-17-33-22-12-6-7-13-23(22)34-21)24(32)18-35-26-29-28-25(19-9-8-14-27-15-19)31(26)20-10-4-3-5-11-20/h3-15,21H,2,16-18H2,1H3/t21-/m0/s1. The average molecular weight is 488 g/mol. The molecule has 0 fully saturated rings. The molecular formula is C26H25N5O3S. The van der Waals surface area contributed by atoms with E-state index in [4.69, 9.17) is 9.47 Å². The predicted octanol–water partition coefficient (Wildman–Crippen LogP) is 4.11. The number of hydrogen-bond acceptors (Lipinski definition) is 7. The van der Waals surface area contributed by atoms with Crippen LogP contribution >= 0.6 is 11.8 Å². The van der Waals surface area contributed by atoms with Gasteiger partial charge >= 0.3 is 0 Å². The summed E-state index contributed by atoms with van der Waals surface area (Å²) < 4.78 is 13.8. The Bertz CT molecular complexity index is 1280. The first kappa shape index (κ1) is 22.9. The molecule has 5 rings (SSSR count). The van der Waals surface area contributed by atoms with Gasteiger partial charge in [-0.2, -0.15) is 0 Å². The minimum atomic E-state index is -0.219. The van der Waals surface area contributed by atoms with Gasteiger partial charge in [-0.25, -0.2) is 0 Å². The van der Waals surface area contributed by atoms with E-state index in [-0.39, 0.29) is 17.8 Å². The van der Waals surface area contributed by atoms with Gasteiger partial charge in [0.05, 0.1) is 12.3 Å². The van der Waals surface area contributed by atoms with Gasteiger partial charge in [0.2, 0.25) is 5.91 Å². The molecule has 9 heteroatoms. The summed E-state index contributed by atoms with van der Waals surface area (Å²) in [6.07, 6.45) is 3.26. The van der Waals surface area contributed by atoms with E-state index in [9.17, 15) is 4.79 Å². The molecule has 35 heavy (non-hydrogen) atoms. The van der Waals surface area contributed by atoms with Crippen LogP contribution in [0.1, 0.15) is 6.92 Å². The van der Waals surface area contributed by atoms with Crippen LogP contribution in [0.25, 0.3) is 17.1 Å². The summed E-state index contributed by atoms with van der Waals surface area (Å²) >= 11 is 1.37. The van der Waals surface area contributed by atoms with Crippen molar-refractivity contribution in [2.24, 2.45) is 0 Å². The molecule has 2 aromatic carbocycles. The van der Waals surface area contributed by atoms with Gasteiger partial charge in [0.15, 0.2) is 28.6 Å². The highest BCUT2D eigenvalue weighted by Crippen LogP contribution is 2.31. The first-order chi connectivity index (χ1) is 17.2. The molecule has 0 aliphatic carbocycles. The van der Waals surface area contributed by atoms with Crippen LogP contribution in [0.3, 0.4) is 0 Å². The van der Waals surface area contributed by atoms with E-state index >= 15 is 0 Å². The predicted molar refractivity (Wildman–Crippen MR) is 134 cm³/mol. The molecule has 8 nitrogen and oxygen atoms in total. The second kappa shape index (κ2) is 10.6. The van der Waals surface area contributed by atoms with Crippen LogP contribution in [0.15, 0.2) is 84.3 Å². The molecule has 0 N–H and O–H groups in total. The van der Waals surface area contributed by atoms with Crippen molar-refractivity contribution in [2.75, 3.05) is 25.4 Å². The van der Waals surface area contributed by atoms with Crippen molar-refractivity contribution >= 4 is 17.7 Å². The lowest BCUT2D eigenvalue weighted by Gasteiger charge is -2.30. The van der Waals surface area contributed by atoms with Crippen molar-refractivity contribution < 1.29 is 14.3 Å². The number of amides is 1. The quantitative estimate of drug-likeness (QED) is 0.346. The molecule has 1 aliphatic rings. The summed E-state index contributed by atoms with van der Waals surface area (Å²) in [6, 6.07) is 21.3. The Balaban J connectivity index is 1.30. The fraction of sp³-hybridized carbons (Fsp3) is 0.231. The molecular weight excluding hydrogens is 462 g/mol. The molecule has 0 spiro atoms. The number of fused-ring (bicyclic) bond motifs is 1. The molecule has 3 heterocycles. The zero-order valence-corrected chi connectivity index (χ0v) is 20.1. The van der Waals surface area contributed by atoms with Gasteiger partial charge < -0.3 is 14.4 Å². The number of rotatable bonds is 8. The fourth-order valence-corrected chi connectivity index (χ4v) is 4.73. The zero-order valence-electron chi connectivity index (χ0n) is 19.3. The molecule has 1 aliphatic heterocycles. The summed E-state index contributed by atoms with van der Waals surface area (Å²) in [4.78, 5) is 19.1. The summed E-state index contributed by atoms with van der Waals surface area (Å²) in [5, 5.41) is 9.45. The highest BCUT2D eigenvalue weighted by atomic mass is 32.2. The maximum Gasteiger partial charge on any atom is 0.233 e. The minimum absolute atomic E-state index is 0.00509. The Morgan fingerprint density at radius 2 is 1.86 bits per heavy atom. The second-order valence-electron chi connectivity index (χ2n) is 7.94. The number of para-hydroxylation sites is 3. The highest BCUT2D eigenvalue weighted by Gasteiger charge is 2.25. The Hall–Kier alpha value is -3.85. The third-order valence-corrected chi connectivity index (χ3v) is 6.53. The van der Waals surface area contributed by atoms with Crippen LogP contribution in [-0.2, 0) is 4.79 Å². The largest absolute Gasteiger partial charge is 0.486 e. The Morgan fingerprint density at radius 3 is 2.63 bits per heavy atom. The number of aromatic nitrogens is 4. The summed E-state index contributed by atoms with van der Waals surface area (Å²) in [5.41, 5.74) is 1.78. The number of carbonyl (C=O) groups is 1. The number of ether oxygens (including phenoxy) is 2. The minimum Gasteiger partial charge on any atom is -0.486 e. The number of benzene rings is 2. The van der Waals surface area contributed by atoms with Crippen LogP contribution in [0.5, 0.6) is 11.5 Å². The molecule has 0 bridgehead atoms. The lowest BCUT2D eigenvalue weighted by atomic mass is 10.2. The molecule has 1 atom stereocenters. The normalized spacial score (nSPS) is 14.5. The summed E-state index contributed by atoms with van der Waals surface area (Å²) in [6.45, 7) is 3.40. The van der Waals surface area contributed by atoms with Gasteiger partial charge in [-0.15, -0.1) is 10.2 Å². The number of thioether (sulfide) groups is 1. The van der Waals surface area contributed by atoms with Crippen LogP contribution < -0.4 is 9.47 Å². The lowest BCUT2D eigenvalue weighted by Crippen LogP contribution is -2.44. The maximum atomic E-state index is 13.1. The molecule has 0 radical (unpaired) electrons. The first-order valence-electron chi connectivity index (χ1n) is 11.4. The number of hydrogen-bond donors (Lipinski definition) is 0. The van der Waals surface area contributed by atoms with Crippen molar-refractivity contribution in [3.63, 3.8) is 0 Å². The average Bonchev–Trinajstić information content (AvgIpc) is 3.35. The van der Waals surface area contributed by atoms with Crippen LogP contribution in [-0.4, -0.2) is 62.1 Å². The van der Waals surface area contributed by atoms with E-state index in [1.165, 1.54) is 11.8 Å². The fourth-order valence-electron chi connectivity index (χ4n) is 3.88. The highest BCUT2D eigenvalue weighted by molar-refractivity contribution is 7.99. The third-order valence-electron chi connectivity index (χ3n) is 5.62. The van der Waals surface area contributed by atoms with Crippen molar-refractivity contribution in [1.82, 2.24) is 24.6 Å². The van der Waals surface area contributed by atoms with Crippen LogP contribution in [0.4, 0.5) is 0 Å². The van der Waals surface area contributed by atoms with Crippen LogP contribution in [0.2, 0.25) is 0 Å². The van der Waals surface area contributed by atoms with Gasteiger partial charge in [0.25, 0.3) is 0 Å². The smallest absolute Gasteiger partial charge is 0.233 e. The van der Waals surface area contributed by atoms with Gasteiger partial charge in [0, 0.05) is 30.2 Å². The monoisotopic (exact) mass is 487 g/mol. The van der Waals surface area contributed by atoms with Gasteiger partial charge in [-0.1, -0.05) is 42.1 Å². The number of carbonyl (C=O) groups excluding carboxylic acids is 1. The molecule has 1 amide bonds. The maximum absolute atomic E-state index is 13.1. The number of likely N-dealkylation sites (N-methyl/N-ethyl adjacent to an activating group) is 1. The van der Waals surface area contributed by atoms with E-state index < -0.39 is 0 Å². The second-order valence-corrected chi connectivity index (χ2v) is 8.88. The molecule has 0 saturated carbocycles. The molecule has 0 unspecified atom stereocenters. The lowest BCUT2D eigenvalue weighted by molar-refractivity contribution is -0.129. The molecule has 178 valence electrons. The van der Waals surface area contributed by atoms with Crippen molar-refractivity contribution in [2.45, 2.75) is 18.2 Å². The molecule has 0 saturated heterocycles. The summed E-state index contributed by atoms with van der Waals surface area (Å²) in [7, 11) is 0. The Labute approximate surface area is 207 Å². The van der Waals surface area contributed by atoms with E-state index in [0.717, 1.165) is 17.0 Å².